The summed E-state index contributed by atoms with van der Waals surface area (Å²) < 4.78 is 30.1. The summed E-state index contributed by atoms with van der Waals surface area (Å²) in [6, 6.07) is 5.34. The Labute approximate surface area is 176 Å². The maximum Gasteiger partial charge on any atom is 0.191 e. The van der Waals surface area contributed by atoms with E-state index in [1.807, 2.05) is 20.0 Å². The van der Waals surface area contributed by atoms with Gasteiger partial charge in [-0.05, 0) is 39.2 Å². The lowest BCUT2D eigenvalue weighted by Gasteiger charge is -2.26. The predicted octanol–water partition coefficient (Wildman–Crippen LogP) is 2.67. The molecular formula is C18H27F2IN6. The van der Waals surface area contributed by atoms with E-state index in [2.05, 4.69) is 20.7 Å². The van der Waals surface area contributed by atoms with Gasteiger partial charge in [-0.3, -0.25) is 4.68 Å². The monoisotopic (exact) mass is 492 g/mol. The Morgan fingerprint density at radius 3 is 2.41 bits per heavy atom. The predicted molar refractivity (Wildman–Crippen MR) is 114 cm³/mol. The molecule has 0 aliphatic heterocycles. The molecule has 1 unspecified atom stereocenters. The minimum absolute atomic E-state index is 0. The van der Waals surface area contributed by atoms with Crippen LogP contribution in [0.2, 0.25) is 0 Å². The molecule has 0 radical (unpaired) electrons. The van der Waals surface area contributed by atoms with E-state index in [0.717, 1.165) is 5.69 Å². The van der Waals surface area contributed by atoms with Gasteiger partial charge in [0.2, 0.25) is 0 Å². The second-order valence-electron chi connectivity index (χ2n) is 6.14. The summed E-state index contributed by atoms with van der Waals surface area (Å²) in [6.45, 7) is 3.40. The first-order valence-electron chi connectivity index (χ1n) is 8.53. The van der Waals surface area contributed by atoms with Crippen molar-refractivity contribution in [1.29, 1.82) is 0 Å². The van der Waals surface area contributed by atoms with E-state index < -0.39 is 17.7 Å². The first kappa shape index (κ1) is 23.3. The Kier molecular flexibility index (Phi) is 9.64. The number of likely N-dealkylation sites (N-methyl/N-ethyl adjacent to an activating group) is 1. The summed E-state index contributed by atoms with van der Waals surface area (Å²) in [7, 11) is 5.43. The van der Waals surface area contributed by atoms with Gasteiger partial charge in [0.25, 0.3) is 0 Å². The number of benzene rings is 1. The lowest BCUT2D eigenvalue weighted by molar-refractivity contribution is 0.282. The van der Waals surface area contributed by atoms with Crippen molar-refractivity contribution in [2.75, 3.05) is 27.2 Å². The summed E-state index contributed by atoms with van der Waals surface area (Å²) in [5, 5.41) is 10.4. The second-order valence-corrected chi connectivity index (χ2v) is 6.14. The van der Waals surface area contributed by atoms with Gasteiger partial charge in [0.1, 0.15) is 11.6 Å². The zero-order valence-corrected chi connectivity index (χ0v) is 18.4. The highest BCUT2D eigenvalue weighted by Crippen LogP contribution is 2.23. The van der Waals surface area contributed by atoms with Crippen molar-refractivity contribution in [1.82, 2.24) is 25.3 Å². The van der Waals surface area contributed by atoms with Crippen LogP contribution in [0.15, 0.2) is 35.5 Å². The van der Waals surface area contributed by atoms with Crippen LogP contribution in [0, 0.1) is 11.6 Å². The molecule has 9 heteroatoms. The number of aryl methyl sites for hydroxylation is 1. The van der Waals surface area contributed by atoms with Crippen molar-refractivity contribution in [3.8, 4) is 0 Å². The highest BCUT2D eigenvalue weighted by Gasteiger charge is 2.22. The fraction of sp³-hybridized carbons (Fsp3) is 0.444. The smallest absolute Gasteiger partial charge is 0.191 e. The van der Waals surface area contributed by atoms with E-state index >= 15 is 0 Å². The lowest BCUT2D eigenvalue weighted by atomic mass is 10.0. The van der Waals surface area contributed by atoms with Crippen LogP contribution in [0.1, 0.15) is 24.2 Å². The topological polar surface area (TPSA) is 57.5 Å². The molecule has 6 nitrogen and oxygen atoms in total. The van der Waals surface area contributed by atoms with Crippen LogP contribution < -0.4 is 10.6 Å². The first-order chi connectivity index (χ1) is 12.4. The van der Waals surface area contributed by atoms with E-state index in [1.54, 1.807) is 29.9 Å². The maximum atomic E-state index is 14.2. The molecule has 27 heavy (non-hydrogen) atoms. The average Bonchev–Trinajstić information content (AvgIpc) is 2.99. The van der Waals surface area contributed by atoms with Gasteiger partial charge in [0, 0.05) is 31.9 Å². The number of aromatic nitrogens is 2. The standard InChI is InChI=1S/C18H26F2N6.HI/c1-5-21-18(22-11-13-9-10-24-26(13)4)23-12-16(25(2)3)17-14(19)7-6-8-15(17)20;/h6-10,16H,5,11-12H2,1-4H3,(H2,21,22,23);1H. The van der Waals surface area contributed by atoms with Gasteiger partial charge in [-0.1, -0.05) is 6.07 Å². The number of halogens is 3. The number of nitrogens with one attached hydrogen (secondary N) is 2. The summed E-state index contributed by atoms with van der Waals surface area (Å²) in [5.41, 5.74) is 1.01. The molecule has 1 atom stereocenters. The van der Waals surface area contributed by atoms with Gasteiger partial charge in [0.15, 0.2) is 5.96 Å². The van der Waals surface area contributed by atoms with Crippen LogP contribution in [0.4, 0.5) is 8.78 Å². The van der Waals surface area contributed by atoms with Crippen LogP contribution in [-0.2, 0) is 13.6 Å². The van der Waals surface area contributed by atoms with Gasteiger partial charge in [-0.2, -0.15) is 5.10 Å². The Hall–Kier alpha value is -1.75. The van der Waals surface area contributed by atoms with Crippen molar-refractivity contribution >= 4 is 29.9 Å². The summed E-state index contributed by atoms with van der Waals surface area (Å²) in [4.78, 5) is 6.29. The molecule has 0 saturated heterocycles. The Bertz CT molecular complexity index is 727. The van der Waals surface area contributed by atoms with Crippen LogP contribution in [0.3, 0.4) is 0 Å². The molecule has 0 bridgehead atoms. The largest absolute Gasteiger partial charge is 0.357 e. The molecular weight excluding hydrogens is 465 g/mol. The molecule has 0 saturated carbocycles. The molecule has 2 rings (SSSR count). The molecule has 1 aromatic heterocycles. The number of hydrogen-bond donors (Lipinski definition) is 2. The lowest BCUT2D eigenvalue weighted by Crippen LogP contribution is -2.42. The molecule has 0 amide bonds. The van der Waals surface area contributed by atoms with E-state index in [9.17, 15) is 8.78 Å². The summed E-state index contributed by atoms with van der Waals surface area (Å²) >= 11 is 0. The van der Waals surface area contributed by atoms with E-state index in [4.69, 9.17) is 0 Å². The zero-order valence-electron chi connectivity index (χ0n) is 16.0. The van der Waals surface area contributed by atoms with Gasteiger partial charge in [-0.15, -0.1) is 24.0 Å². The first-order valence-corrected chi connectivity index (χ1v) is 8.53. The van der Waals surface area contributed by atoms with Gasteiger partial charge >= 0.3 is 0 Å². The van der Waals surface area contributed by atoms with Crippen molar-refractivity contribution in [3.63, 3.8) is 0 Å². The van der Waals surface area contributed by atoms with Gasteiger partial charge in [0.05, 0.1) is 18.3 Å². The van der Waals surface area contributed by atoms with E-state index in [0.29, 0.717) is 25.6 Å². The number of aliphatic imine (C=N–C) groups is 1. The Balaban J connectivity index is 0.00000364. The number of rotatable bonds is 7. The normalized spacial score (nSPS) is 12.6. The SMILES string of the molecule is CCNC(=NCc1ccnn1C)NCC(c1c(F)cccc1F)N(C)C.I. The summed E-state index contributed by atoms with van der Waals surface area (Å²) in [6.07, 6.45) is 1.72. The van der Waals surface area contributed by atoms with Crippen molar-refractivity contribution in [3.05, 3.63) is 53.4 Å². The highest BCUT2D eigenvalue weighted by molar-refractivity contribution is 14.0. The van der Waals surface area contributed by atoms with Gasteiger partial charge < -0.3 is 15.5 Å². The quantitative estimate of drug-likeness (QED) is 0.355. The molecule has 0 aliphatic carbocycles. The third-order valence-corrected chi connectivity index (χ3v) is 4.08. The van der Waals surface area contributed by atoms with Crippen LogP contribution in [-0.4, -0.2) is 47.8 Å². The van der Waals surface area contributed by atoms with Crippen LogP contribution >= 0.6 is 24.0 Å². The number of nitrogens with zero attached hydrogens (tertiary/aromatic N) is 4. The van der Waals surface area contributed by atoms with E-state index in [1.165, 1.54) is 18.2 Å². The summed E-state index contributed by atoms with van der Waals surface area (Å²) in [5.74, 6) is -0.526. The van der Waals surface area contributed by atoms with Crippen molar-refractivity contribution in [2.24, 2.45) is 12.0 Å². The van der Waals surface area contributed by atoms with E-state index in [-0.39, 0.29) is 29.5 Å². The Morgan fingerprint density at radius 1 is 1.22 bits per heavy atom. The molecule has 1 heterocycles. The highest BCUT2D eigenvalue weighted by atomic mass is 127. The molecule has 150 valence electrons. The van der Waals surface area contributed by atoms with Crippen LogP contribution in [0.5, 0.6) is 0 Å². The zero-order chi connectivity index (χ0) is 19.1. The molecule has 0 spiro atoms. The number of hydrogen-bond acceptors (Lipinski definition) is 3. The molecule has 0 fully saturated rings. The second kappa shape index (κ2) is 11.2. The van der Waals surface area contributed by atoms with Crippen molar-refractivity contribution < 1.29 is 8.78 Å². The fourth-order valence-electron chi connectivity index (χ4n) is 2.62. The van der Waals surface area contributed by atoms with Crippen LogP contribution in [0.25, 0.3) is 0 Å². The molecule has 0 aliphatic rings. The Morgan fingerprint density at radius 2 is 1.89 bits per heavy atom. The number of guanidine groups is 1. The van der Waals surface area contributed by atoms with Gasteiger partial charge in [-0.25, -0.2) is 13.8 Å². The maximum absolute atomic E-state index is 14.2. The minimum Gasteiger partial charge on any atom is -0.357 e. The third-order valence-electron chi connectivity index (χ3n) is 4.08. The molecule has 2 aromatic rings. The fourth-order valence-corrected chi connectivity index (χ4v) is 2.62. The molecule has 2 N–H and O–H groups in total. The average molecular weight is 492 g/mol. The third kappa shape index (κ3) is 6.42. The van der Waals surface area contributed by atoms with Crippen molar-refractivity contribution in [2.45, 2.75) is 19.5 Å². The minimum atomic E-state index is -0.553. The molecule has 1 aromatic carbocycles.